The van der Waals surface area contributed by atoms with Crippen LogP contribution in [0.2, 0.25) is 0 Å². The maximum absolute atomic E-state index is 12.4. The Hall–Kier alpha value is -0.470. The molecule has 0 aliphatic carbocycles. The van der Waals surface area contributed by atoms with Crippen molar-refractivity contribution in [1.82, 2.24) is 10.0 Å². The predicted octanol–water partition coefficient (Wildman–Crippen LogP) is 1.95. The van der Waals surface area contributed by atoms with Crippen LogP contribution in [-0.4, -0.2) is 34.2 Å². The van der Waals surface area contributed by atoms with E-state index in [9.17, 15) is 8.42 Å². The van der Waals surface area contributed by atoms with Crippen molar-refractivity contribution >= 4 is 21.4 Å². The maximum atomic E-state index is 12.4. The number of ether oxygens (including phenoxy) is 1. The van der Waals surface area contributed by atoms with Crippen molar-refractivity contribution in [2.75, 3.05) is 19.8 Å². The van der Waals surface area contributed by atoms with Gasteiger partial charge in [-0.1, -0.05) is 13.8 Å². The van der Waals surface area contributed by atoms with Crippen molar-refractivity contribution < 1.29 is 13.2 Å². The van der Waals surface area contributed by atoms with Gasteiger partial charge < -0.3 is 10.1 Å². The number of sulfonamides is 1. The van der Waals surface area contributed by atoms with Crippen molar-refractivity contribution in [3.05, 3.63) is 16.3 Å². The molecule has 0 atom stereocenters. The van der Waals surface area contributed by atoms with Gasteiger partial charge in [0.15, 0.2) is 0 Å². The van der Waals surface area contributed by atoms with E-state index in [0.29, 0.717) is 29.9 Å². The third-order valence-corrected chi connectivity index (χ3v) is 6.13. The maximum Gasteiger partial charge on any atom is 0.241 e. The molecule has 1 aromatic rings. The highest BCUT2D eigenvalue weighted by Crippen LogP contribution is 2.22. The monoisotopic (exact) mass is 332 g/mol. The van der Waals surface area contributed by atoms with E-state index in [1.807, 2.05) is 19.2 Å². The van der Waals surface area contributed by atoms with Gasteiger partial charge in [0, 0.05) is 37.2 Å². The van der Waals surface area contributed by atoms with Crippen LogP contribution in [-0.2, 0) is 21.3 Å². The molecular formula is C14H24N2O3S2. The fourth-order valence-electron chi connectivity index (χ4n) is 2.25. The minimum atomic E-state index is -3.42. The Bertz CT molecular complexity index is 534. The van der Waals surface area contributed by atoms with Crippen LogP contribution in [0.25, 0.3) is 0 Å². The lowest BCUT2D eigenvalue weighted by atomic mass is 10.0. The third kappa shape index (κ3) is 5.03. The van der Waals surface area contributed by atoms with Crippen LogP contribution in [0.1, 0.15) is 31.6 Å². The quantitative estimate of drug-likeness (QED) is 0.801. The van der Waals surface area contributed by atoms with Gasteiger partial charge in [-0.05, 0) is 30.2 Å². The van der Waals surface area contributed by atoms with Gasteiger partial charge in [-0.25, -0.2) is 13.1 Å². The molecule has 0 saturated carbocycles. The van der Waals surface area contributed by atoms with Gasteiger partial charge in [0.1, 0.15) is 0 Å². The molecule has 2 N–H and O–H groups in total. The molecule has 0 radical (unpaired) electrons. The summed E-state index contributed by atoms with van der Waals surface area (Å²) in [5.41, 5.74) is 0. The summed E-state index contributed by atoms with van der Waals surface area (Å²) in [5.74, 6) is 0.379. The summed E-state index contributed by atoms with van der Waals surface area (Å²) in [6, 6.07) is 2.02. The first-order valence-electron chi connectivity index (χ1n) is 7.36. The van der Waals surface area contributed by atoms with E-state index in [1.165, 1.54) is 11.3 Å². The second-order valence-electron chi connectivity index (χ2n) is 5.65. The molecule has 2 rings (SSSR count). The van der Waals surface area contributed by atoms with Crippen molar-refractivity contribution in [3.63, 3.8) is 0 Å². The normalized spacial score (nSPS) is 17.5. The summed E-state index contributed by atoms with van der Waals surface area (Å²) in [5, 5.41) is 5.10. The first-order valence-corrected chi connectivity index (χ1v) is 9.72. The summed E-state index contributed by atoms with van der Waals surface area (Å²) in [4.78, 5) is 1.27. The van der Waals surface area contributed by atoms with Crippen LogP contribution in [0.15, 0.2) is 16.3 Å². The molecule has 1 fully saturated rings. The van der Waals surface area contributed by atoms with E-state index in [2.05, 4.69) is 10.0 Å². The van der Waals surface area contributed by atoms with Gasteiger partial charge in [-0.15, -0.1) is 11.3 Å². The Morgan fingerprint density at radius 3 is 2.76 bits per heavy atom. The first kappa shape index (κ1) is 16.9. The van der Waals surface area contributed by atoms with Crippen LogP contribution >= 0.6 is 11.3 Å². The highest BCUT2D eigenvalue weighted by Gasteiger charge is 2.22. The molecule has 2 heterocycles. The number of hydrogen-bond donors (Lipinski definition) is 2. The minimum Gasteiger partial charge on any atom is -0.381 e. The van der Waals surface area contributed by atoms with Crippen LogP contribution in [0.3, 0.4) is 0 Å². The van der Waals surface area contributed by atoms with Crippen LogP contribution < -0.4 is 10.0 Å². The SMILES string of the molecule is CC(C)NCc1sccc1S(=O)(=O)NCC1CCOCC1. The van der Waals surface area contributed by atoms with Gasteiger partial charge in [0.25, 0.3) is 0 Å². The van der Waals surface area contributed by atoms with E-state index in [4.69, 9.17) is 4.74 Å². The highest BCUT2D eigenvalue weighted by molar-refractivity contribution is 7.89. The zero-order chi connectivity index (χ0) is 15.3. The Balaban J connectivity index is 1.96. The number of rotatable bonds is 7. The molecular weight excluding hydrogens is 308 g/mol. The lowest BCUT2D eigenvalue weighted by molar-refractivity contribution is 0.0678. The fraction of sp³-hybridized carbons (Fsp3) is 0.714. The molecule has 0 amide bonds. The third-order valence-electron chi connectivity index (χ3n) is 3.57. The fourth-order valence-corrected chi connectivity index (χ4v) is 4.76. The lowest BCUT2D eigenvalue weighted by Crippen LogP contribution is -2.32. The molecule has 7 heteroatoms. The first-order chi connectivity index (χ1) is 9.99. The summed E-state index contributed by atoms with van der Waals surface area (Å²) in [6.07, 6.45) is 1.85. The summed E-state index contributed by atoms with van der Waals surface area (Å²) in [6.45, 7) is 6.64. The van der Waals surface area contributed by atoms with E-state index < -0.39 is 10.0 Å². The molecule has 1 aliphatic rings. The number of nitrogens with one attached hydrogen (secondary N) is 2. The molecule has 0 spiro atoms. The molecule has 5 nitrogen and oxygen atoms in total. The van der Waals surface area contributed by atoms with Crippen LogP contribution in [0.4, 0.5) is 0 Å². The van der Waals surface area contributed by atoms with Crippen LogP contribution in [0.5, 0.6) is 0 Å². The molecule has 0 aromatic carbocycles. The Kier molecular flexibility index (Phi) is 6.19. The van der Waals surface area contributed by atoms with E-state index in [0.717, 1.165) is 30.9 Å². The molecule has 120 valence electrons. The van der Waals surface area contributed by atoms with Gasteiger partial charge in [0.05, 0.1) is 4.90 Å². The zero-order valence-corrected chi connectivity index (χ0v) is 14.2. The molecule has 1 aromatic heterocycles. The largest absolute Gasteiger partial charge is 0.381 e. The standard InChI is InChI=1S/C14H24N2O3S2/c1-11(2)15-10-13-14(5-8-20-13)21(17,18)16-9-12-3-6-19-7-4-12/h5,8,11-12,15-16H,3-4,6-7,9-10H2,1-2H3. The average molecular weight is 332 g/mol. The minimum absolute atomic E-state index is 0.331. The Morgan fingerprint density at radius 1 is 1.38 bits per heavy atom. The highest BCUT2D eigenvalue weighted by atomic mass is 32.2. The molecule has 1 aliphatic heterocycles. The summed E-state index contributed by atoms with van der Waals surface area (Å²) < 4.78 is 32.9. The van der Waals surface area contributed by atoms with Crippen molar-refractivity contribution in [2.24, 2.45) is 5.92 Å². The van der Waals surface area contributed by atoms with E-state index in [1.54, 1.807) is 6.07 Å². The Labute approximate surface area is 131 Å². The summed E-state index contributed by atoms with van der Waals surface area (Å²) in [7, 11) is -3.42. The van der Waals surface area contributed by atoms with Gasteiger partial charge >= 0.3 is 0 Å². The topological polar surface area (TPSA) is 67.4 Å². The molecule has 0 bridgehead atoms. The summed E-state index contributed by atoms with van der Waals surface area (Å²) >= 11 is 1.48. The van der Waals surface area contributed by atoms with Crippen LogP contribution in [0, 0.1) is 5.92 Å². The van der Waals surface area contributed by atoms with E-state index in [-0.39, 0.29) is 0 Å². The van der Waals surface area contributed by atoms with Gasteiger partial charge in [-0.3, -0.25) is 0 Å². The molecule has 21 heavy (non-hydrogen) atoms. The van der Waals surface area contributed by atoms with Gasteiger partial charge in [0.2, 0.25) is 10.0 Å². The number of thiophene rings is 1. The zero-order valence-electron chi connectivity index (χ0n) is 12.6. The average Bonchev–Trinajstić information content (AvgIpc) is 2.93. The van der Waals surface area contributed by atoms with E-state index >= 15 is 0 Å². The second kappa shape index (κ2) is 7.69. The van der Waals surface area contributed by atoms with Crippen molar-refractivity contribution in [2.45, 2.75) is 44.2 Å². The smallest absolute Gasteiger partial charge is 0.241 e. The lowest BCUT2D eigenvalue weighted by Gasteiger charge is -2.22. The van der Waals surface area contributed by atoms with Crippen molar-refractivity contribution in [3.8, 4) is 0 Å². The molecule has 1 saturated heterocycles. The molecule has 0 unspecified atom stereocenters. The van der Waals surface area contributed by atoms with Crippen molar-refractivity contribution in [1.29, 1.82) is 0 Å². The Morgan fingerprint density at radius 2 is 2.10 bits per heavy atom. The number of hydrogen-bond acceptors (Lipinski definition) is 5. The predicted molar refractivity (Wildman–Crippen MR) is 85.0 cm³/mol. The van der Waals surface area contributed by atoms with Gasteiger partial charge in [-0.2, -0.15) is 0 Å². The second-order valence-corrected chi connectivity index (χ2v) is 8.39.